The van der Waals surface area contributed by atoms with Crippen LogP contribution in [0.2, 0.25) is 0 Å². The Kier molecular flexibility index (Phi) is 3.59. The lowest BCUT2D eigenvalue weighted by molar-refractivity contribution is -0.136. The molecule has 8 unspecified atom stereocenters. The minimum atomic E-state index is -0.516. The van der Waals surface area contributed by atoms with Crippen LogP contribution in [0.15, 0.2) is 11.1 Å². The summed E-state index contributed by atoms with van der Waals surface area (Å²) < 4.78 is 18.1. The summed E-state index contributed by atoms with van der Waals surface area (Å²) in [6, 6.07) is 0. The number of esters is 1. The van der Waals surface area contributed by atoms with Crippen molar-refractivity contribution in [3.05, 3.63) is 11.1 Å². The second-order valence-corrected chi connectivity index (χ2v) is 9.62. The van der Waals surface area contributed by atoms with Gasteiger partial charge in [-0.15, -0.1) is 0 Å². The Morgan fingerprint density at radius 3 is 2.59 bits per heavy atom. The van der Waals surface area contributed by atoms with E-state index in [4.69, 9.17) is 19.3 Å². The van der Waals surface area contributed by atoms with Crippen LogP contribution in [0.25, 0.3) is 0 Å². The second kappa shape index (κ2) is 5.35. The van der Waals surface area contributed by atoms with Crippen LogP contribution >= 0.6 is 0 Å². The average Bonchev–Trinajstić information content (AvgIpc) is 3.52. The zero-order valence-corrected chi connectivity index (χ0v) is 16.5. The number of epoxide rings is 2. The van der Waals surface area contributed by atoms with E-state index in [1.165, 1.54) is 5.57 Å². The van der Waals surface area contributed by atoms with E-state index in [2.05, 4.69) is 20.8 Å². The molecule has 8 atom stereocenters. The molecule has 0 bridgehead atoms. The van der Waals surface area contributed by atoms with Gasteiger partial charge in [0.2, 0.25) is 0 Å². The van der Waals surface area contributed by atoms with Crippen LogP contribution in [-0.4, -0.2) is 59.4 Å². The van der Waals surface area contributed by atoms with Crippen molar-refractivity contribution < 1.29 is 29.2 Å². The van der Waals surface area contributed by atoms with E-state index in [0.29, 0.717) is 12.5 Å². The molecule has 0 aromatic carbocycles. The third-order valence-corrected chi connectivity index (χ3v) is 8.63. The van der Waals surface area contributed by atoms with Crippen LogP contribution in [0.5, 0.6) is 0 Å². The van der Waals surface area contributed by atoms with E-state index in [0.717, 1.165) is 38.4 Å². The van der Waals surface area contributed by atoms with E-state index in [1.54, 1.807) is 0 Å². The lowest BCUT2D eigenvalue weighted by Crippen LogP contribution is -2.66. The number of carbonyl (C=O) groups excluding carboxylic acids is 1. The zero-order valence-electron chi connectivity index (χ0n) is 16.5. The monoisotopic (exact) mass is 378 g/mol. The largest absolute Gasteiger partial charge is 0.458 e. The van der Waals surface area contributed by atoms with Gasteiger partial charge in [-0.3, -0.25) is 0 Å². The van der Waals surface area contributed by atoms with Gasteiger partial charge in [0.15, 0.2) is 5.60 Å². The molecule has 3 heterocycles. The highest BCUT2D eigenvalue weighted by molar-refractivity contribution is 5.92. The van der Waals surface area contributed by atoms with E-state index < -0.39 is 11.7 Å². The first-order chi connectivity index (χ1) is 12.9. The number of aliphatic hydroxyl groups excluding tert-OH is 2. The fourth-order valence-corrected chi connectivity index (χ4v) is 7.29. The minimum absolute atomic E-state index is 0.0506. The molecule has 2 saturated carbocycles. The van der Waals surface area contributed by atoms with Crippen LogP contribution < -0.4 is 0 Å². The number of rotatable bonds is 1. The molecule has 0 radical (unpaired) electrons. The number of hydrogen-bond acceptors (Lipinski definition) is 6. The van der Waals surface area contributed by atoms with Gasteiger partial charge in [-0.25, -0.2) is 4.79 Å². The van der Waals surface area contributed by atoms with Crippen LogP contribution in [-0.2, 0) is 19.0 Å². The fraction of sp³-hybridized carbons (Fsp3) is 0.857. The zero-order chi connectivity index (χ0) is 19.4. The summed E-state index contributed by atoms with van der Waals surface area (Å²) in [7, 11) is 1.00. The summed E-state index contributed by atoms with van der Waals surface area (Å²) >= 11 is 0. The van der Waals surface area contributed by atoms with Crippen LogP contribution in [0.1, 0.15) is 46.5 Å². The lowest BCUT2D eigenvalue weighted by atomic mass is 9.46. The van der Waals surface area contributed by atoms with Crippen molar-refractivity contribution in [2.45, 2.75) is 76.0 Å². The highest BCUT2D eigenvalue weighted by Gasteiger charge is 2.92. The maximum absolute atomic E-state index is 12.0. The number of carbonyl (C=O) groups is 1. The molecule has 6 heteroatoms. The van der Waals surface area contributed by atoms with Gasteiger partial charge in [0.1, 0.15) is 12.2 Å². The van der Waals surface area contributed by atoms with Gasteiger partial charge in [0.25, 0.3) is 0 Å². The summed E-state index contributed by atoms with van der Waals surface area (Å²) in [6.45, 7) is 7.12. The van der Waals surface area contributed by atoms with Gasteiger partial charge >= 0.3 is 5.97 Å². The number of hydrogen-bond donors (Lipinski definition) is 2. The van der Waals surface area contributed by atoms with Crippen LogP contribution in [0, 0.1) is 23.2 Å². The molecule has 0 amide bonds. The smallest absolute Gasteiger partial charge is 0.334 e. The summed E-state index contributed by atoms with van der Waals surface area (Å²) in [5.74, 6) is 0.806. The molecule has 150 valence electrons. The highest BCUT2D eigenvalue weighted by Crippen LogP contribution is 2.79. The molecule has 2 spiro atoms. The van der Waals surface area contributed by atoms with Crippen molar-refractivity contribution in [3.8, 4) is 0 Å². The van der Waals surface area contributed by atoms with E-state index in [9.17, 15) is 9.90 Å². The van der Waals surface area contributed by atoms with Gasteiger partial charge in [-0.05, 0) is 49.0 Å². The normalized spacial score (nSPS) is 53.9. The Balaban J connectivity index is 0.000000777. The lowest BCUT2D eigenvalue weighted by Gasteiger charge is -2.54. The van der Waals surface area contributed by atoms with Gasteiger partial charge in [0.05, 0.1) is 18.3 Å². The minimum Gasteiger partial charge on any atom is -0.458 e. The maximum Gasteiger partial charge on any atom is 0.334 e. The topological polar surface area (TPSA) is 91.8 Å². The molecule has 2 saturated heterocycles. The number of fused-ring (bicyclic) bond motifs is 2. The molecule has 6 rings (SSSR count). The summed E-state index contributed by atoms with van der Waals surface area (Å²) in [5.41, 5.74) is 1.12. The Morgan fingerprint density at radius 2 is 1.89 bits per heavy atom. The van der Waals surface area contributed by atoms with Crippen LogP contribution in [0.3, 0.4) is 0 Å². The summed E-state index contributed by atoms with van der Waals surface area (Å²) in [5, 5.41) is 18.3. The Morgan fingerprint density at radius 1 is 1.15 bits per heavy atom. The third-order valence-electron chi connectivity index (χ3n) is 8.63. The predicted octanol–water partition coefficient (Wildman–Crippen LogP) is 1.58. The molecule has 0 aromatic rings. The molecule has 6 nitrogen and oxygen atoms in total. The quantitative estimate of drug-likeness (QED) is 0.532. The Bertz CT molecular complexity index is 730. The molecule has 2 N–H and O–H groups in total. The molecule has 3 aliphatic heterocycles. The number of ether oxygens (including phenoxy) is 3. The van der Waals surface area contributed by atoms with Crippen molar-refractivity contribution in [2.75, 3.05) is 13.7 Å². The van der Waals surface area contributed by atoms with Crippen molar-refractivity contribution in [1.82, 2.24) is 0 Å². The predicted molar refractivity (Wildman–Crippen MR) is 95.7 cm³/mol. The Hall–Kier alpha value is -0.950. The first-order valence-corrected chi connectivity index (χ1v) is 10.2. The van der Waals surface area contributed by atoms with Gasteiger partial charge in [0, 0.05) is 18.1 Å². The first-order valence-electron chi connectivity index (χ1n) is 10.2. The van der Waals surface area contributed by atoms with Gasteiger partial charge in [-0.2, -0.15) is 0 Å². The summed E-state index contributed by atoms with van der Waals surface area (Å²) in [6.07, 6.45) is 3.26. The van der Waals surface area contributed by atoms with E-state index >= 15 is 0 Å². The van der Waals surface area contributed by atoms with Gasteiger partial charge < -0.3 is 24.4 Å². The average molecular weight is 378 g/mol. The standard InChI is InChI=1S/C20H26O5.CH4O/c1-9(2)11-6-15-20(25-15)18(3)5-4-10-12(8-23-17(10)22)13(18)7-14-19(20,24-14)16(11)21;1-2/h9,11,13-16,21H,4-8H2,1-3H3;2H,1H3. The molecule has 4 fully saturated rings. The SMILES string of the molecule is CC(C)C1CC2OC23C2(C)CCC4=C(COC4=O)C2CC2OC23C1O.CO. The van der Waals surface area contributed by atoms with Crippen LogP contribution in [0.4, 0.5) is 0 Å². The molecule has 0 aromatic heterocycles. The van der Waals surface area contributed by atoms with Crippen molar-refractivity contribution >= 4 is 5.97 Å². The van der Waals surface area contributed by atoms with E-state index in [1.807, 2.05) is 0 Å². The molecule has 3 aliphatic carbocycles. The van der Waals surface area contributed by atoms with Crippen molar-refractivity contribution in [3.63, 3.8) is 0 Å². The van der Waals surface area contributed by atoms with Crippen molar-refractivity contribution in [1.29, 1.82) is 0 Å². The fourth-order valence-electron chi connectivity index (χ4n) is 7.29. The van der Waals surface area contributed by atoms with E-state index in [-0.39, 0.29) is 41.0 Å². The third kappa shape index (κ3) is 1.80. The van der Waals surface area contributed by atoms with Crippen molar-refractivity contribution in [2.24, 2.45) is 23.2 Å². The van der Waals surface area contributed by atoms with Gasteiger partial charge in [-0.1, -0.05) is 20.8 Å². The molecular weight excluding hydrogens is 348 g/mol. The molecule has 6 aliphatic rings. The summed E-state index contributed by atoms with van der Waals surface area (Å²) in [4.78, 5) is 12.0. The Labute approximate surface area is 159 Å². The maximum atomic E-state index is 12.0. The number of cyclic esters (lactones) is 1. The number of aliphatic hydroxyl groups is 2. The molecule has 27 heavy (non-hydrogen) atoms. The highest BCUT2D eigenvalue weighted by atomic mass is 16.7. The second-order valence-electron chi connectivity index (χ2n) is 9.62. The first kappa shape index (κ1) is 18.1. The molecular formula is C21H30O6.